The van der Waals surface area contributed by atoms with Crippen molar-refractivity contribution in [2.24, 2.45) is 5.92 Å². The summed E-state index contributed by atoms with van der Waals surface area (Å²) >= 11 is 5.93. The number of rotatable bonds is 5. The van der Waals surface area contributed by atoms with Gasteiger partial charge in [0.05, 0.1) is 5.25 Å². The standard InChI is InChI=1S/C22H25ClN2O4S/c23-19-8-6-17(7-9-19)14-25-15-18-10-12-24(13-11-21(18)30(25,27)28)22(26)16-29-20-4-2-1-3-5-20/h1-9,18,21H,10-16H2/t18-,21-/m1/s1. The molecule has 0 saturated carbocycles. The van der Waals surface area contributed by atoms with Crippen LogP contribution < -0.4 is 4.74 Å². The van der Waals surface area contributed by atoms with Gasteiger partial charge in [0.15, 0.2) is 6.61 Å². The number of carbonyl (C=O) groups is 1. The maximum Gasteiger partial charge on any atom is 0.260 e. The Balaban J connectivity index is 1.36. The molecule has 1 amide bonds. The summed E-state index contributed by atoms with van der Waals surface area (Å²) in [6.07, 6.45) is 1.14. The van der Waals surface area contributed by atoms with Crippen LogP contribution in [-0.4, -0.2) is 55.0 Å². The van der Waals surface area contributed by atoms with E-state index in [0.717, 1.165) is 5.56 Å². The van der Waals surface area contributed by atoms with Gasteiger partial charge < -0.3 is 9.64 Å². The number of sulfonamides is 1. The van der Waals surface area contributed by atoms with Crippen LogP contribution in [0, 0.1) is 5.92 Å². The van der Waals surface area contributed by atoms with Gasteiger partial charge in [-0.15, -0.1) is 0 Å². The van der Waals surface area contributed by atoms with E-state index in [4.69, 9.17) is 16.3 Å². The molecular formula is C22H25ClN2O4S. The molecule has 0 aliphatic carbocycles. The van der Waals surface area contributed by atoms with Gasteiger partial charge in [0.1, 0.15) is 5.75 Å². The monoisotopic (exact) mass is 448 g/mol. The van der Waals surface area contributed by atoms with Crippen LogP contribution in [0.5, 0.6) is 5.75 Å². The molecule has 0 spiro atoms. The minimum Gasteiger partial charge on any atom is -0.484 e. The van der Waals surface area contributed by atoms with Gasteiger partial charge in [0.25, 0.3) is 5.91 Å². The molecule has 2 fully saturated rings. The second-order valence-electron chi connectivity index (χ2n) is 7.82. The molecule has 2 heterocycles. The minimum atomic E-state index is -3.39. The van der Waals surface area contributed by atoms with Crippen molar-refractivity contribution < 1.29 is 17.9 Å². The van der Waals surface area contributed by atoms with Crippen LogP contribution in [0.1, 0.15) is 18.4 Å². The number of para-hydroxylation sites is 1. The third kappa shape index (κ3) is 4.63. The number of ether oxygens (including phenoxy) is 1. The number of halogens is 1. The Morgan fingerprint density at radius 3 is 2.47 bits per heavy atom. The summed E-state index contributed by atoms with van der Waals surface area (Å²) in [5, 5.41) is 0.201. The fourth-order valence-corrected chi connectivity index (χ4v) is 6.60. The molecule has 0 unspecified atom stereocenters. The molecule has 0 N–H and O–H groups in total. The number of likely N-dealkylation sites (tertiary alicyclic amines) is 1. The van der Waals surface area contributed by atoms with Crippen molar-refractivity contribution in [3.05, 3.63) is 65.2 Å². The summed E-state index contributed by atoms with van der Waals surface area (Å²) < 4.78 is 33.4. The molecule has 2 aliphatic heterocycles. The lowest BCUT2D eigenvalue weighted by Gasteiger charge is -2.22. The van der Waals surface area contributed by atoms with E-state index >= 15 is 0 Å². The minimum absolute atomic E-state index is 0.0329. The summed E-state index contributed by atoms with van der Waals surface area (Å²) in [5.41, 5.74) is 0.925. The lowest BCUT2D eigenvalue weighted by atomic mass is 10.0. The Morgan fingerprint density at radius 2 is 1.73 bits per heavy atom. The first-order valence-corrected chi connectivity index (χ1v) is 12.0. The molecule has 2 atom stereocenters. The molecule has 160 valence electrons. The van der Waals surface area contributed by atoms with Crippen molar-refractivity contribution in [1.29, 1.82) is 0 Å². The zero-order chi connectivity index (χ0) is 21.1. The number of carbonyl (C=O) groups excluding carboxylic acids is 1. The van der Waals surface area contributed by atoms with E-state index in [1.807, 2.05) is 42.5 Å². The maximum atomic E-state index is 13.1. The van der Waals surface area contributed by atoms with Crippen LogP contribution >= 0.6 is 11.6 Å². The van der Waals surface area contributed by atoms with Crippen molar-refractivity contribution in [3.8, 4) is 5.75 Å². The molecule has 2 aliphatic rings. The summed E-state index contributed by atoms with van der Waals surface area (Å²) in [5.74, 6) is 0.586. The molecule has 0 bridgehead atoms. The first-order chi connectivity index (χ1) is 14.4. The SMILES string of the molecule is O=C(COc1ccccc1)N1CC[C@@H]2CN(Cc3ccc(Cl)cc3)S(=O)(=O)[C@@H]2CC1. The van der Waals surface area contributed by atoms with E-state index in [1.165, 1.54) is 0 Å². The van der Waals surface area contributed by atoms with E-state index in [2.05, 4.69) is 0 Å². The van der Waals surface area contributed by atoms with Crippen molar-refractivity contribution in [1.82, 2.24) is 9.21 Å². The van der Waals surface area contributed by atoms with Crippen LogP contribution in [0.4, 0.5) is 0 Å². The molecule has 0 radical (unpaired) electrons. The smallest absolute Gasteiger partial charge is 0.260 e. The molecule has 0 aromatic heterocycles. The number of hydrogen-bond donors (Lipinski definition) is 0. The molecule has 8 heteroatoms. The molecule has 30 heavy (non-hydrogen) atoms. The Kier molecular flexibility index (Phi) is 6.32. The van der Waals surface area contributed by atoms with Crippen molar-refractivity contribution in [2.45, 2.75) is 24.6 Å². The predicted molar refractivity (Wildman–Crippen MR) is 116 cm³/mol. The van der Waals surface area contributed by atoms with E-state index < -0.39 is 15.3 Å². The van der Waals surface area contributed by atoms with Gasteiger partial charge in [-0.05, 0) is 48.6 Å². The van der Waals surface area contributed by atoms with Crippen LogP contribution in [0.15, 0.2) is 54.6 Å². The predicted octanol–water partition coefficient (Wildman–Crippen LogP) is 3.17. The molecule has 4 rings (SSSR count). The van der Waals surface area contributed by atoms with E-state index in [9.17, 15) is 13.2 Å². The fraction of sp³-hybridized carbons (Fsp3) is 0.409. The van der Waals surface area contributed by atoms with Crippen molar-refractivity contribution >= 4 is 27.5 Å². The van der Waals surface area contributed by atoms with Crippen LogP contribution in [0.3, 0.4) is 0 Å². The Morgan fingerprint density at radius 1 is 1.03 bits per heavy atom. The zero-order valence-electron chi connectivity index (χ0n) is 16.6. The summed E-state index contributed by atoms with van der Waals surface area (Å²) in [7, 11) is -3.39. The third-order valence-electron chi connectivity index (χ3n) is 5.89. The number of fused-ring (bicyclic) bond motifs is 1. The highest BCUT2D eigenvalue weighted by Gasteiger charge is 2.47. The quantitative estimate of drug-likeness (QED) is 0.704. The van der Waals surface area contributed by atoms with Gasteiger partial charge in [-0.3, -0.25) is 4.79 Å². The molecular weight excluding hydrogens is 424 g/mol. The van der Waals surface area contributed by atoms with Gasteiger partial charge in [0.2, 0.25) is 10.0 Å². The number of benzene rings is 2. The maximum absolute atomic E-state index is 13.1. The highest BCUT2D eigenvalue weighted by atomic mass is 35.5. The van der Waals surface area contributed by atoms with Gasteiger partial charge in [-0.1, -0.05) is 41.9 Å². The molecule has 6 nitrogen and oxygen atoms in total. The topological polar surface area (TPSA) is 66.9 Å². The number of nitrogens with zero attached hydrogens (tertiary/aromatic N) is 2. The van der Waals surface area contributed by atoms with Gasteiger partial charge >= 0.3 is 0 Å². The third-order valence-corrected chi connectivity index (χ3v) is 8.53. The molecule has 2 aromatic carbocycles. The largest absolute Gasteiger partial charge is 0.484 e. The van der Waals surface area contributed by atoms with Crippen LogP contribution in [0.2, 0.25) is 5.02 Å². The first kappa shape index (κ1) is 21.2. The Hall–Kier alpha value is -2.09. The van der Waals surface area contributed by atoms with Crippen molar-refractivity contribution in [2.75, 3.05) is 26.2 Å². The summed E-state index contributed by atoms with van der Waals surface area (Å²) in [6, 6.07) is 16.5. The Bertz CT molecular complexity index is 982. The lowest BCUT2D eigenvalue weighted by Crippen LogP contribution is -2.37. The van der Waals surface area contributed by atoms with Crippen molar-refractivity contribution in [3.63, 3.8) is 0 Å². The summed E-state index contributed by atoms with van der Waals surface area (Å²) in [4.78, 5) is 14.3. The van der Waals surface area contributed by atoms with Crippen LogP contribution in [-0.2, 0) is 21.4 Å². The Labute approximate surface area is 182 Å². The lowest BCUT2D eigenvalue weighted by molar-refractivity contribution is -0.133. The average Bonchev–Trinajstić information content (AvgIpc) is 2.88. The number of amides is 1. The van der Waals surface area contributed by atoms with Gasteiger partial charge in [-0.25, -0.2) is 8.42 Å². The average molecular weight is 449 g/mol. The molecule has 2 saturated heterocycles. The molecule has 2 aromatic rings. The van der Waals surface area contributed by atoms with Gasteiger partial charge in [0, 0.05) is 31.2 Å². The normalized spacial score (nSPS) is 23.6. The first-order valence-electron chi connectivity index (χ1n) is 10.1. The van der Waals surface area contributed by atoms with E-state index in [0.29, 0.717) is 49.8 Å². The van der Waals surface area contributed by atoms with E-state index in [-0.39, 0.29) is 18.4 Å². The summed E-state index contributed by atoms with van der Waals surface area (Å²) in [6.45, 7) is 1.82. The second kappa shape index (κ2) is 8.96. The fourth-order valence-electron chi connectivity index (χ4n) is 4.25. The van der Waals surface area contributed by atoms with Gasteiger partial charge in [-0.2, -0.15) is 4.31 Å². The van der Waals surface area contributed by atoms with Crippen LogP contribution in [0.25, 0.3) is 0 Å². The number of hydrogen-bond acceptors (Lipinski definition) is 4. The van der Waals surface area contributed by atoms with E-state index in [1.54, 1.807) is 21.3 Å². The zero-order valence-corrected chi connectivity index (χ0v) is 18.2. The second-order valence-corrected chi connectivity index (χ2v) is 10.4. The highest BCUT2D eigenvalue weighted by Crippen LogP contribution is 2.35. The highest BCUT2D eigenvalue weighted by molar-refractivity contribution is 7.90.